The summed E-state index contributed by atoms with van der Waals surface area (Å²) in [4.78, 5) is 17.7. The number of nitrogens with one attached hydrogen (secondary N) is 1. The number of fused-ring (bicyclic) bond motifs is 2. The van der Waals surface area contributed by atoms with Crippen LogP contribution in [-0.4, -0.2) is 27.2 Å². The molecule has 1 aliphatic heterocycles. The Balaban J connectivity index is 1.30. The molecular formula is C22H18N4O2S. The number of hydrogen-bond donors (Lipinski definition) is 1. The van der Waals surface area contributed by atoms with Crippen LogP contribution in [0.1, 0.15) is 22.7 Å². The van der Waals surface area contributed by atoms with Gasteiger partial charge in [0.2, 0.25) is 11.0 Å². The van der Waals surface area contributed by atoms with Crippen LogP contribution in [-0.2, 0) is 11.2 Å². The van der Waals surface area contributed by atoms with Crippen LogP contribution in [0.2, 0.25) is 0 Å². The predicted octanol–water partition coefficient (Wildman–Crippen LogP) is 3.93. The number of ether oxygens (including phenoxy) is 1. The Morgan fingerprint density at radius 2 is 1.79 bits per heavy atom. The van der Waals surface area contributed by atoms with E-state index in [4.69, 9.17) is 4.74 Å². The first-order chi connectivity index (χ1) is 14.3. The number of aromatic nitrogens is 3. The number of nitrogens with zero attached hydrogens (tertiary/aromatic N) is 3. The first kappa shape index (κ1) is 17.6. The minimum absolute atomic E-state index is 0.0317. The molecule has 0 spiro atoms. The van der Waals surface area contributed by atoms with Crippen LogP contribution in [0.3, 0.4) is 0 Å². The molecule has 3 heterocycles. The van der Waals surface area contributed by atoms with Crippen LogP contribution in [0.15, 0.2) is 72.4 Å². The van der Waals surface area contributed by atoms with Gasteiger partial charge in [0.1, 0.15) is 11.5 Å². The van der Waals surface area contributed by atoms with Crippen molar-refractivity contribution in [2.45, 2.75) is 12.3 Å². The van der Waals surface area contributed by atoms with Crippen molar-refractivity contribution in [1.29, 1.82) is 0 Å². The van der Waals surface area contributed by atoms with E-state index in [1.54, 1.807) is 10.9 Å². The molecular weight excluding hydrogens is 384 g/mol. The fraction of sp³-hybridized carbons (Fsp3) is 0.136. The van der Waals surface area contributed by atoms with Crippen molar-refractivity contribution in [1.82, 2.24) is 20.1 Å². The number of benzene rings is 2. The Hall–Kier alpha value is -3.45. The highest BCUT2D eigenvalue weighted by atomic mass is 32.1. The topological polar surface area (TPSA) is 69.0 Å². The average molecular weight is 402 g/mol. The highest BCUT2D eigenvalue weighted by molar-refractivity contribution is 7.12. The Labute approximate surface area is 171 Å². The lowest BCUT2D eigenvalue weighted by Gasteiger charge is -2.27. The van der Waals surface area contributed by atoms with Gasteiger partial charge in [-0.2, -0.15) is 5.10 Å². The lowest BCUT2D eigenvalue weighted by atomic mass is 9.87. The zero-order valence-corrected chi connectivity index (χ0v) is 16.3. The van der Waals surface area contributed by atoms with Gasteiger partial charge in [-0.3, -0.25) is 4.79 Å². The van der Waals surface area contributed by atoms with Gasteiger partial charge in [-0.05, 0) is 18.2 Å². The molecule has 5 rings (SSSR count). The Bertz CT molecular complexity index is 1110. The van der Waals surface area contributed by atoms with Gasteiger partial charge in [0, 0.05) is 41.9 Å². The molecule has 2 aromatic carbocycles. The van der Waals surface area contributed by atoms with Crippen LogP contribution < -0.4 is 10.1 Å². The summed E-state index contributed by atoms with van der Waals surface area (Å²) in [7, 11) is 0. The van der Waals surface area contributed by atoms with Crippen molar-refractivity contribution in [3.05, 3.63) is 89.2 Å². The van der Waals surface area contributed by atoms with Crippen LogP contribution in [0.25, 0.3) is 5.13 Å². The third kappa shape index (κ3) is 3.40. The molecule has 2 aromatic heterocycles. The molecule has 0 radical (unpaired) electrons. The molecule has 0 aliphatic carbocycles. The van der Waals surface area contributed by atoms with Gasteiger partial charge < -0.3 is 10.1 Å². The maximum Gasteiger partial charge on any atom is 0.232 e. The summed E-state index contributed by atoms with van der Waals surface area (Å²) < 4.78 is 7.71. The zero-order valence-electron chi connectivity index (χ0n) is 15.5. The molecule has 0 fully saturated rings. The van der Waals surface area contributed by atoms with Crippen LogP contribution in [0.4, 0.5) is 0 Å². The van der Waals surface area contributed by atoms with Gasteiger partial charge in [-0.25, -0.2) is 9.67 Å². The highest BCUT2D eigenvalue weighted by Gasteiger charge is 2.32. The number of carbonyl (C=O) groups is 1. The number of thiazole rings is 1. The highest BCUT2D eigenvalue weighted by Crippen LogP contribution is 2.43. The van der Waals surface area contributed by atoms with E-state index in [0.29, 0.717) is 13.0 Å². The third-order valence-corrected chi connectivity index (χ3v) is 5.74. The van der Waals surface area contributed by atoms with Crippen molar-refractivity contribution >= 4 is 17.2 Å². The quantitative estimate of drug-likeness (QED) is 0.549. The number of para-hydroxylation sites is 2. The maximum atomic E-state index is 13.1. The zero-order chi connectivity index (χ0) is 19.6. The number of carbonyl (C=O) groups excluding carboxylic acids is 1. The molecule has 1 N–H and O–H groups in total. The largest absolute Gasteiger partial charge is 0.457 e. The van der Waals surface area contributed by atoms with Crippen molar-refractivity contribution in [2.24, 2.45) is 0 Å². The van der Waals surface area contributed by atoms with Gasteiger partial charge in [0.15, 0.2) is 0 Å². The Morgan fingerprint density at radius 3 is 2.48 bits per heavy atom. The lowest BCUT2D eigenvalue weighted by Crippen LogP contribution is -2.33. The number of amides is 1. The van der Waals surface area contributed by atoms with E-state index in [-0.39, 0.29) is 11.8 Å². The van der Waals surface area contributed by atoms with Crippen molar-refractivity contribution in [3.63, 3.8) is 0 Å². The second-order valence-corrected chi connectivity index (χ2v) is 7.56. The van der Waals surface area contributed by atoms with Crippen LogP contribution in [0, 0.1) is 0 Å². The van der Waals surface area contributed by atoms with Crippen molar-refractivity contribution in [3.8, 4) is 16.6 Å². The van der Waals surface area contributed by atoms with E-state index in [0.717, 1.165) is 33.5 Å². The first-order valence-corrected chi connectivity index (χ1v) is 10.3. The van der Waals surface area contributed by atoms with E-state index >= 15 is 0 Å². The van der Waals surface area contributed by atoms with Gasteiger partial charge in [-0.15, -0.1) is 11.3 Å². The normalized spacial score (nSPS) is 12.7. The standard InChI is InChI=1S/C22H18N4O2S/c27-21(23-12-10-15-14-29-22(25-15)26-13-5-11-24-26)20-16-6-1-3-8-18(16)28-19-9-4-2-7-17(19)20/h1-9,11,13-14,20H,10,12H2,(H,23,27). The summed E-state index contributed by atoms with van der Waals surface area (Å²) in [6.07, 6.45) is 4.26. The summed E-state index contributed by atoms with van der Waals surface area (Å²) in [5.74, 6) is 1.05. The number of rotatable bonds is 5. The van der Waals surface area contributed by atoms with Crippen molar-refractivity contribution in [2.75, 3.05) is 6.54 Å². The summed E-state index contributed by atoms with van der Waals surface area (Å²) in [6, 6.07) is 17.3. The summed E-state index contributed by atoms with van der Waals surface area (Å²) >= 11 is 1.54. The molecule has 1 amide bonds. The monoisotopic (exact) mass is 402 g/mol. The molecule has 29 heavy (non-hydrogen) atoms. The maximum absolute atomic E-state index is 13.1. The lowest BCUT2D eigenvalue weighted by molar-refractivity contribution is -0.121. The number of hydrogen-bond acceptors (Lipinski definition) is 5. The average Bonchev–Trinajstić information content (AvgIpc) is 3.44. The Kier molecular flexibility index (Phi) is 4.57. The predicted molar refractivity (Wildman–Crippen MR) is 111 cm³/mol. The molecule has 0 bridgehead atoms. The smallest absolute Gasteiger partial charge is 0.232 e. The third-order valence-electron chi connectivity index (χ3n) is 4.86. The summed E-state index contributed by atoms with van der Waals surface area (Å²) in [5, 5.41) is 10.1. The SMILES string of the molecule is O=C(NCCc1csc(-n2cccn2)n1)C1c2ccccc2Oc2ccccc21. The van der Waals surface area contributed by atoms with E-state index in [1.807, 2.05) is 66.2 Å². The fourth-order valence-electron chi connectivity index (χ4n) is 3.51. The van der Waals surface area contributed by atoms with Crippen LogP contribution in [0.5, 0.6) is 11.5 Å². The molecule has 6 nitrogen and oxygen atoms in total. The van der Waals surface area contributed by atoms with E-state index in [9.17, 15) is 4.79 Å². The van der Waals surface area contributed by atoms with Gasteiger partial charge >= 0.3 is 0 Å². The van der Waals surface area contributed by atoms with E-state index in [2.05, 4.69) is 15.4 Å². The van der Waals surface area contributed by atoms with E-state index < -0.39 is 0 Å². The minimum Gasteiger partial charge on any atom is -0.457 e. The van der Waals surface area contributed by atoms with Gasteiger partial charge in [0.05, 0.1) is 11.6 Å². The first-order valence-electron chi connectivity index (χ1n) is 9.37. The van der Waals surface area contributed by atoms with Crippen molar-refractivity contribution < 1.29 is 9.53 Å². The minimum atomic E-state index is -0.383. The second kappa shape index (κ2) is 7.52. The molecule has 0 atom stereocenters. The van der Waals surface area contributed by atoms with Gasteiger partial charge in [0.25, 0.3) is 0 Å². The van der Waals surface area contributed by atoms with Crippen LogP contribution >= 0.6 is 11.3 Å². The van der Waals surface area contributed by atoms with Gasteiger partial charge in [-0.1, -0.05) is 36.4 Å². The molecule has 0 unspecified atom stereocenters. The molecule has 1 aliphatic rings. The molecule has 0 saturated carbocycles. The fourth-order valence-corrected chi connectivity index (χ4v) is 4.30. The second-order valence-electron chi connectivity index (χ2n) is 6.72. The molecule has 7 heteroatoms. The molecule has 144 valence electrons. The Morgan fingerprint density at radius 1 is 1.07 bits per heavy atom. The summed E-state index contributed by atoms with van der Waals surface area (Å²) in [6.45, 7) is 0.517. The molecule has 0 saturated heterocycles. The molecule has 4 aromatic rings. The van der Waals surface area contributed by atoms with E-state index in [1.165, 1.54) is 11.3 Å². The summed E-state index contributed by atoms with van der Waals surface area (Å²) in [5.41, 5.74) is 2.71.